The Kier molecular flexibility index (Phi) is 6.58. The molecule has 7 heteroatoms. The maximum absolute atomic E-state index is 13.8. The number of rotatable bonds is 6. The number of nitrogens with one attached hydrogen (secondary N) is 3. The van der Waals surface area contributed by atoms with Crippen molar-refractivity contribution in [3.8, 4) is 0 Å². The van der Waals surface area contributed by atoms with Crippen LogP contribution in [0.25, 0.3) is 0 Å². The number of anilines is 3. The molecule has 0 aliphatic rings. The Balaban J connectivity index is 1.95. The van der Waals surface area contributed by atoms with Crippen LogP contribution in [0.3, 0.4) is 0 Å². The summed E-state index contributed by atoms with van der Waals surface area (Å²) in [4.78, 5) is 23.9. The van der Waals surface area contributed by atoms with Gasteiger partial charge in [-0.15, -0.1) is 0 Å². The topological polar surface area (TPSA) is 70.2 Å². The van der Waals surface area contributed by atoms with E-state index in [4.69, 9.17) is 11.6 Å². The summed E-state index contributed by atoms with van der Waals surface area (Å²) in [6, 6.07) is 10.4. The molecule has 0 aliphatic carbocycles. The highest BCUT2D eigenvalue weighted by Gasteiger charge is 2.15. The van der Waals surface area contributed by atoms with E-state index >= 15 is 0 Å². The van der Waals surface area contributed by atoms with E-state index in [0.717, 1.165) is 6.07 Å². The van der Waals surface area contributed by atoms with Crippen molar-refractivity contribution in [2.75, 3.05) is 16.0 Å². The van der Waals surface area contributed by atoms with Crippen molar-refractivity contribution in [1.29, 1.82) is 0 Å². The van der Waals surface area contributed by atoms with Gasteiger partial charge in [0.15, 0.2) is 0 Å². The molecule has 0 aromatic heterocycles. The van der Waals surface area contributed by atoms with Gasteiger partial charge in [0.05, 0.1) is 5.69 Å². The highest BCUT2D eigenvalue weighted by atomic mass is 35.5. The van der Waals surface area contributed by atoms with Crippen LogP contribution < -0.4 is 16.0 Å². The normalized spacial score (nSPS) is 11.8. The Hall–Kier alpha value is -2.60. The number of hydrogen-bond acceptors (Lipinski definition) is 3. The van der Waals surface area contributed by atoms with Crippen LogP contribution in [0.1, 0.15) is 20.8 Å². The Morgan fingerprint density at radius 1 is 0.923 bits per heavy atom. The summed E-state index contributed by atoms with van der Waals surface area (Å²) < 4.78 is 13.8. The number of amides is 2. The van der Waals surface area contributed by atoms with Gasteiger partial charge in [0.2, 0.25) is 11.8 Å². The van der Waals surface area contributed by atoms with E-state index in [1.807, 2.05) is 13.8 Å². The molecule has 1 unspecified atom stereocenters. The molecule has 2 aromatic carbocycles. The van der Waals surface area contributed by atoms with Crippen molar-refractivity contribution in [2.24, 2.45) is 5.92 Å². The fourth-order valence-corrected chi connectivity index (χ4v) is 2.24. The van der Waals surface area contributed by atoms with E-state index in [2.05, 4.69) is 16.0 Å². The summed E-state index contributed by atoms with van der Waals surface area (Å²) in [5, 5.41) is 8.59. The molecule has 2 rings (SSSR count). The van der Waals surface area contributed by atoms with Crippen LogP contribution in [0.2, 0.25) is 5.02 Å². The molecule has 0 heterocycles. The average molecular weight is 378 g/mol. The van der Waals surface area contributed by atoms with Crippen molar-refractivity contribution in [1.82, 2.24) is 0 Å². The predicted molar refractivity (Wildman–Crippen MR) is 103 cm³/mol. The lowest BCUT2D eigenvalue weighted by Gasteiger charge is -2.16. The maximum Gasteiger partial charge on any atom is 0.246 e. The van der Waals surface area contributed by atoms with Crippen molar-refractivity contribution in [3.05, 3.63) is 53.3 Å². The summed E-state index contributed by atoms with van der Waals surface area (Å²) in [7, 11) is 0. The maximum atomic E-state index is 13.8. The van der Waals surface area contributed by atoms with Crippen LogP contribution >= 0.6 is 11.6 Å². The number of carbonyl (C=O) groups is 2. The molecule has 0 saturated carbocycles. The zero-order valence-electron chi connectivity index (χ0n) is 14.8. The first kappa shape index (κ1) is 19.7. The molecule has 1 atom stereocenters. The quantitative estimate of drug-likeness (QED) is 0.693. The molecule has 0 fully saturated rings. The summed E-state index contributed by atoms with van der Waals surface area (Å²) in [5.74, 6) is -1.15. The van der Waals surface area contributed by atoms with Gasteiger partial charge in [-0.2, -0.15) is 0 Å². The number of halogens is 2. The minimum Gasteiger partial charge on any atom is -0.374 e. The standard InChI is InChI=1S/C19H21ClFN3O2/c1-11(2)18(25)23-15-7-5-14(6-8-15)22-12(3)19(26)24-17-9-4-13(20)10-16(17)21/h4-12,22H,1-3H3,(H,23,25)(H,24,26). The van der Waals surface area contributed by atoms with Crippen LogP contribution in [0.5, 0.6) is 0 Å². The van der Waals surface area contributed by atoms with Crippen molar-refractivity contribution in [3.63, 3.8) is 0 Å². The lowest BCUT2D eigenvalue weighted by atomic mass is 10.2. The third-order valence-corrected chi connectivity index (χ3v) is 3.88. The second kappa shape index (κ2) is 8.67. The van der Waals surface area contributed by atoms with E-state index in [0.29, 0.717) is 11.4 Å². The SMILES string of the molecule is CC(C)C(=O)Nc1ccc(NC(C)C(=O)Nc2ccc(Cl)cc2F)cc1. The van der Waals surface area contributed by atoms with Crippen LogP contribution in [0, 0.1) is 11.7 Å². The molecule has 5 nitrogen and oxygen atoms in total. The predicted octanol–water partition coefficient (Wildman–Crippen LogP) is 4.51. The Morgan fingerprint density at radius 3 is 2.12 bits per heavy atom. The van der Waals surface area contributed by atoms with E-state index < -0.39 is 11.9 Å². The highest BCUT2D eigenvalue weighted by Crippen LogP contribution is 2.20. The van der Waals surface area contributed by atoms with Crippen molar-refractivity contribution < 1.29 is 14.0 Å². The largest absolute Gasteiger partial charge is 0.374 e. The van der Waals surface area contributed by atoms with Gasteiger partial charge in [-0.25, -0.2) is 4.39 Å². The first-order valence-corrected chi connectivity index (χ1v) is 8.57. The molecule has 26 heavy (non-hydrogen) atoms. The van der Waals surface area contributed by atoms with Gasteiger partial charge in [-0.1, -0.05) is 25.4 Å². The molecule has 0 spiro atoms. The first-order chi connectivity index (χ1) is 12.3. The van der Waals surface area contributed by atoms with Gasteiger partial charge in [0.1, 0.15) is 11.9 Å². The highest BCUT2D eigenvalue weighted by molar-refractivity contribution is 6.30. The summed E-state index contributed by atoms with van der Waals surface area (Å²) in [6.07, 6.45) is 0. The molecule has 0 bridgehead atoms. The van der Waals surface area contributed by atoms with E-state index in [1.54, 1.807) is 31.2 Å². The van der Waals surface area contributed by atoms with Gasteiger partial charge in [-0.05, 0) is 49.4 Å². The molecule has 0 aliphatic heterocycles. The smallest absolute Gasteiger partial charge is 0.246 e. The van der Waals surface area contributed by atoms with Crippen LogP contribution in [-0.4, -0.2) is 17.9 Å². The Morgan fingerprint density at radius 2 is 1.54 bits per heavy atom. The molecule has 2 amide bonds. The Bertz CT molecular complexity index is 794. The summed E-state index contributed by atoms with van der Waals surface area (Å²) >= 11 is 5.69. The molecule has 0 radical (unpaired) electrons. The molecule has 2 aromatic rings. The lowest BCUT2D eigenvalue weighted by molar-refractivity contribution is -0.119. The Labute approximate surface area is 156 Å². The molecule has 138 valence electrons. The van der Waals surface area contributed by atoms with Gasteiger partial charge in [0.25, 0.3) is 0 Å². The van der Waals surface area contributed by atoms with Crippen LogP contribution in [0.4, 0.5) is 21.5 Å². The van der Waals surface area contributed by atoms with Crippen molar-refractivity contribution in [2.45, 2.75) is 26.8 Å². The molecular weight excluding hydrogens is 357 g/mol. The van der Waals surface area contributed by atoms with Crippen LogP contribution in [0.15, 0.2) is 42.5 Å². The minimum atomic E-state index is -0.596. The zero-order chi connectivity index (χ0) is 19.3. The number of benzene rings is 2. The molecular formula is C19H21ClFN3O2. The van der Waals surface area contributed by atoms with Gasteiger partial charge in [-0.3, -0.25) is 9.59 Å². The number of hydrogen-bond donors (Lipinski definition) is 3. The molecule has 3 N–H and O–H groups in total. The average Bonchev–Trinajstić information content (AvgIpc) is 2.58. The monoisotopic (exact) mass is 377 g/mol. The second-order valence-corrected chi connectivity index (χ2v) is 6.64. The lowest BCUT2D eigenvalue weighted by Crippen LogP contribution is -2.32. The number of carbonyl (C=O) groups excluding carboxylic acids is 2. The van der Waals surface area contributed by atoms with Gasteiger partial charge >= 0.3 is 0 Å². The summed E-state index contributed by atoms with van der Waals surface area (Å²) in [6.45, 7) is 5.29. The van der Waals surface area contributed by atoms with Gasteiger partial charge < -0.3 is 16.0 Å². The minimum absolute atomic E-state index is 0.0663. The molecule has 0 saturated heterocycles. The first-order valence-electron chi connectivity index (χ1n) is 8.19. The van der Waals surface area contributed by atoms with E-state index in [1.165, 1.54) is 12.1 Å². The summed E-state index contributed by atoms with van der Waals surface area (Å²) in [5.41, 5.74) is 1.45. The third kappa shape index (κ3) is 5.46. The third-order valence-electron chi connectivity index (χ3n) is 3.64. The van der Waals surface area contributed by atoms with Crippen molar-refractivity contribution >= 4 is 40.5 Å². The zero-order valence-corrected chi connectivity index (χ0v) is 15.5. The van der Waals surface area contributed by atoms with Crippen LogP contribution in [-0.2, 0) is 9.59 Å². The second-order valence-electron chi connectivity index (χ2n) is 6.20. The van der Waals surface area contributed by atoms with E-state index in [9.17, 15) is 14.0 Å². The fourth-order valence-electron chi connectivity index (χ4n) is 2.08. The van der Waals surface area contributed by atoms with E-state index in [-0.39, 0.29) is 28.4 Å². The van der Waals surface area contributed by atoms with Gasteiger partial charge in [0, 0.05) is 22.3 Å². The fraction of sp³-hybridized carbons (Fsp3) is 0.263.